The minimum absolute atomic E-state index is 0.237. The zero-order valence-electron chi connectivity index (χ0n) is 10.4. The molecule has 0 radical (unpaired) electrons. The Hall–Kier alpha value is -1.77. The number of hydrogen-bond donors (Lipinski definition) is 2. The highest BCUT2D eigenvalue weighted by molar-refractivity contribution is 5.83. The minimum atomic E-state index is 0.237. The maximum Gasteiger partial charge on any atom is 0.223 e. The molecule has 1 aliphatic carbocycles. The Balaban J connectivity index is 1.58. The molecule has 1 heterocycles. The first-order valence-electron chi connectivity index (χ1n) is 6.67. The van der Waals surface area contributed by atoms with Crippen molar-refractivity contribution in [3.63, 3.8) is 0 Å². The highest BCUT2D eigenvalue weighted by Gasteiger charge is 2.24. The largest absolute Gasteiger partial charge is 0.361 e. The topological polar surface area (TPSA) is 44.9 Å². The molecule has 3 heteroatoms. The second-order valence-electron chi connectivity index (χ2n) is 5.03. The van der Waals surface area contributed by atoms with E-state index in [0.29, 0.717) is 0 Å². The van der Waals surface area contributed by atoms with Crippen LogP contribution in [0.1, 0.15) is 24.8 Å². The van der Waals surface area contributed by atoms with Crippen LogP contribution in [-0.2, 0) is 11.2 Å². The number of H-pyrrole nitrogens is 1. The van der Waals surface area contributed by atoms with Crippen molar-refractivity contribution >= 4 is 16.8 Å². The number of carbonyl (C=O) groups is 1. The van der Waals surface area contributed by atoms with Gasteiger partial charge in [0.25, 0.3) is 0 Å². The molecular formula is C15H18N2O. The van der Waals surface area contributed by atoms with Crippen LogP contribution >= 0.6 is 0 Å². The lowest BCUT2D eigenvalue weighted by atomic mass is 9.85. The Kier molecular flexibility index (Phi) is 3.05. The van der Waals surface area contributed by atoms with Crippen molar-refractivity contribution < 1.29 is 4.79 Å². The van der Waals surface area contributed by atoms with Gasteiger partial charge in [-0.25, -0.2) is 0 Å². The predicted molar refractivity (Wildman–Crippen MR) is 72.4 cm³/mol. The van der Waals surface area contributed by atoms with Gasteiger partial charge in [-0.1, -0.05) is 24.6 Å². The van der Waals surface area contributed by atoms with E-state index in [1.165, 1.54) is 17.4 Å². The first-order valence-corrected chi connectivity index (χ1v) is 6.67. The Bertz CT molecular complexity index is 554. The van der Waals surface area contributed by atoms with Crippen molar-refractivity contribution in [3.05, 3.63) is 36.0 Å². The van der Waals surface area contributed by atoms with E-state index < -0.39 is 0 Å². The number of para-hydroxylation sites is 1. The van der Waals surface area contributed by atoms with E-state index in [9.17, 15) is 4.79 Å². The van der Waals surface area contributed by atoms with Gasteiger partial charge in [-0.3, -0.25) is 4.79 Å². The average Bonchev–Trinajstić information content (AvgIpc) is 2.71. The van der Waals surface area contributed by atoms with Gasteiger partial charge in [0, 0.05) is 29.6 Å². The van der Waals surface area contributed by atoms with Crippen LogP contribution in [-0.4, -0.2) is 17.4 Å². The average molecular weight is 242 g/mol. The normalized spacial score (nSPS) is 15.6. The smallest absolute Gasteiger partial charge is 0.223 e. The van der Waals surface area contributed by atoms with Gasteiger partial charge >= 0.3 is 0 Å². The van der Waals surface area contributed by atoms with Gasteiger partial charge in [-0.2, -0.15) is 0 Å². The Morgan fingerprint density at radius 1 is 1.33 bits per heavy atom. The molecule has 0 bridgehead atoms. The molecule has 3 nitrogen and oxygen atoms in total. The summed E-state index contributed by atoms with van der Waals surface area (Å²) in [6.07, 6.45) is 6.28. The molecule has 0 spiro atoms. The predicted octanol–water partition coefficient (Wildman–Crippen LogP) is 2.63. The quantitative estimate of drug-likeness (QED) is 0.850. The lowest BCUT2D eigenvalue weighted by molar-refractivity contribution is -0.127. The SMILES string of the molecule is O=C(NCCc1c[nH]c2ccccc12)C1CCC1. The second kappa shape index (κ2) is 4.84. The fourth-order valence-corrected chi connectivity index (χ4v) is 2.47. The van der Waals surface area contributed by atoms with Crippen LogP contribution in [0.15, 0.2) is 30.5 Å². The van der Waals surface area contributed by atoms with E-state index in [-0.39, 0.29) is 11.8 Å². The summed E-state index contributed by atoms with van der Waals surface area (Å²) in [4.78, 5) is 15.0. The zero-order valence-corrected chi connectivity index (χ0v) is 10.4. The molecule has 1 amide bonds. The van der Waals surface area contributed by atoms with Crippen molar-refractivity contribution in [2.45, 2.75) is 25.7 Å². The van der Waals surface area contributed by atoms with E-state index in [2.05, 4.69) is 22.4 Å². The highest BCUT2D eigenvalue weighted by atomic mass is 16.1. The maximum absolute atomic E-state index is 11.7. The monoisotopic (exact) mass is 242 g/mol. The second-order valence-corrected chi connectivity index (χ2v) is 5.03. The van der Waals surface area contributed by atoms with Crippen molar-refractivity contribution in [2.75, 3.05) is 6.54 Å². The van der Waals surface area contributed by atoms with Crippen LogP contribution in [0, 0.1) is 5.92 Å². The molecule has 1 aromatic carbocycles. The van der Waals surface area contributed by atoms with Crippen molar-refractivity contribution in [1.82, 2.24) is 10.3 Å². The van der Waals surface area contributed by atoms with E-state index in [1.54, 1.807) is 0 Å². The van der Waals surface area contributed by atoms with Gasteiger partial charge in [-0.15, -0.1) is 0 Å². The van der Waals surface area contributed by atoms with Gasteiger partial charge in [-0.05, 0) is 30.9 Å². The number of hydrogen-bond acceptors (Lipinski definition) is 1. The van der Waals surface area contributed by atoms with E-state index in [4.69, 9.17) is 0 Å². The van der Waals surface area contributed by atoms with Gasteiger partial charge in [0.15, 0.2) is 0 Å². The molecule has 94 valence electrons. The van der Waals surface area contributed by atoms with Crippen molar-refractivity contribution in [3.8, 4) is 0 Å². The molecule has 0 unspecified atom stereocenters. The first kappa shape index (κ1) is 11.3. The standard InChI is InChI=1S/C15H18N2O/c18-15(11-4-3-5-11)16-9-8-12-10-17-14-7-2-1-6-13(12)14/h1-2,6-7,10-11,17H,3-5,8-9H2,(H,16,18). The molecule has 2 aromatic rings. The van der Waals surface area contributed by atoms with Crippen molar-refractivity contribution in [1.29, 1.82) is 0 Å². The summed E-state index contributed by atoms with van der Waals surface area (Å²) in [6.45, 7) is 0.733. The van der Waals surface area contributed by atoms with Gasteiger partial charge in [0.1, 0.15) is 0 Å². The van der Waals surface area contributed by atoms with E-state index >= 15 is 0 Å². The fraction of sp³-hybridized carbons (Fsp3) is 0.400. The summed E-state index contributed by atoms with van der Waals surface area (Å²) >= 11 is 0. The van der Waals surface area contributed by atoms with Gasteiger partial charge < -0.3 is 10.3 Å². The number of carbonyl (C=O) groups excluding carboxylic acids is 1. The molecular weight excluding hydrogens is 224 g/mol. The van der Waals surface area contributed by atoms with Crippen LogP contribution in [0.4, 0.5) is 0 Å². The molecule has 1 fully saturated rings. The molecule has 1 aromatic heterocycles. The third-order valence-corrected chi connectivity index (χ3v) is 3.84. The molecule has 0 aliphatic heterocycles. The summed E-state index contributed by atoms with van der Waals surface area (Å²) in [5.41, 5.74) is 2.44. The summed E-state index contributed by atoms with van der Waals surface area (Å²) in [5, 5.41) is 4.29. The number of fused-ring (bicyclic) bond motifs is 1. The number of benzene rings is 1. The number of rotatable bonds is 4. The lowest BCUT2D eigenvalue weighted by Crippen LogP contribution is -2.35. The van der Waals surface area contributed by atoms with Crippen LogP contribution in [0.25, 0.3) is 10.9 Å². The Morgan fingerprint density at radius 2 is 2.17 bits per heavy atom. The van der Waals surface area contributed by atoms with Crippen LogP contribution in [0.2, 0.25) is 0 Å². The summed E-state index contributed by atoms with van der Waals surface area (Å²) in [5.74, 6) is 0.522. The molecule has 1 saturated carbocycles. The summed E-state index contributed by atoms with van der Waals surface area (Å²) in [6, 6.07) is 8.27. The maximum atomic E-state index is 11.7. The van der Waals surface area contributed by atoms with Gasteiger partial charge in [0.05, 0.1) is 0 Å². The Morgan fingerprint density at radius 3 is 2.94 bits per heavy atom. The van der Waals surface area contributed by atoms with Crippen LogP contribution in [0.5, 0.6) is 0 Å². The molecule has 1 aliphatic rings. The molecule has 18 heavy (non-hydrogen) atoms. The third-order valence-electron chi connectivity index (χ3n) is 3.84. The van der Waals surface area contributed by atoms with Crippen molar-refractivity contribution in [2.24, 2.45) is 5.92 Å². The van der Waals surface area contributed by atoms with E-state index in [1.807, 2.05) is 18.3 Å². The number of nitrogens with one attached hydrogen (secondary N) is 2. The fourth-order valence-electron chi connectivity index (χ4n) is 2.47. The molecule has 0 saturated heterocycles. The Labute approximate surface area is 107 Å². The number of aromatic amines is 1. The zero-order chi connectivity index (χ0) is 12.4. The number of amides is 1. The van der Waals surface area contributed by atoms with Crippen LogP contribution in [0.3, 0.4) is 0 Å². The molecule has 2 N–H and O–H groups in total. The van der Waals surface area contributed by atoms with Crippen LogP contribution < -0.4 is 5.32 Å². The van der Waals surface area contributed by atoms with Gasteiger partial charge in [0.2, 0.25) is 5.91 Å². The third kappa shape index (κ3) is 2.13. The van der Waals surface area contributed by atoms with E-state index in [0.717, 1.165) is 31.3 Å². The lowest BCUT2D eigenvalue weighted by Gasteiger charge is -2.23. The molecule has 0 atom stereocenters. The minimum Gasteiger partial charge on any atom is -0.361 e. The summed E-state index contributed by atoms with van der Waals surface area (Å²) < 4.78 is 0. The molecule has 3 rings (SSSR count). The summed E-state index contributed by atoms with van der Waals surface area (Å²) in [7, 11) is 0. The number of aromatic nitrogens is 1. The highest BCUT2D eigenvalue weighted by Crippen LogP contribution is 2.26. The first-order chi connectivity index (χ1) is 8.84.